The van der Waals surface area contributed by atoms with E-state index in [0.29, 0.717) is 36.1 Å². The van der Waals surface area contributed by atoms with Gasteiger partial charge in [-0.25, -0.2) is 19.9 Å². The van der Waals surface area contributed by atoms with Crippen molar-refractivity contribution in [1.82, 2.24) is 19.9 Å². The van der Waals surface area contributed by atoms with Gasteiger partial charge in [0.2, 0.25) is 0 Å². The van der Waals surface area contributed by atoms with Gasteiger partial charge in [0.1, 0.15) is 35.8 Å². The predicted molar refractivity (Wildman–Crippen MR) is 160 cm³/mol. The van der Waals surface area contributed by atoms with Gasteiger partial charge in [0, 0.05) is 11.4 Å². The summed E-state index contributed by atoms with van der Waals surface area (Å²) in [5, 5.41) is 39.3. The van der Waals surface area contributed by atoms with Crippen molar-refractivity contribution >= 4 is 34.6 Å². The van der Waals surface area contributed by atoms with E-state index in [1.165, 1.54) is 0 Å². The highest BCUT2D eigenvalue weighted by atomic mass is 16.5. The molecule has 44 heavy (non-hydrogen) atoms. The number of ether oxygens (including phenoxy) is 2. The molecule has 3 heterocycles. The van der Waals surface area contributed by atoms with Crippen LogP contribution in [0.15, 0.2) is 48.5 Å². The number of unbranched alkanes of at least 4 members (excludes halogenated alkanes) is 2. The third-order valence-electron chi connectivity index (χ3n) is 6.71. The standard InChI is InChI=1S/C32H26N10O2/c1-3-5-15-43-23-11-7-21(8-12-23)41-29-31(39-27(19-35)25(17-33)37-29)42(22-9-13-24(14-10-22)44-16-6-4-2)32-30(41)38-26(18-34)28(20-36)40-32/h7-14H,3-6,15-16H2,1-2H3. The van der Waals surface area contributed by atoms with Gasteiger partial charge in [0.25, 0.3) is 0 Å². The van der Waals surface area contributed by atoms with Crippen molar-refractivity contribution < 1.29 is 9.47 Å². The molecular formula is C32H26N10O2. The molecule has 2 aromatic heterocycles. The molecule has 0 N–H and O–H groups in total. The normalized spacial score (nSPS) is 11.3. The Kier molecular flexibility index (Phi) is 8.75. The third kappa shape index (κ3) is 5.61. The summed E-state index contributed by atoms with van der Waals surface area (Å²) >= 11 is 0. The van der Waals surface area contributed by atoms with E-state index in [1.54, 1.807) is 58.3 Å². The molecule has 1 aliphatic rings. The van der Waals surface area contributed by atoms with Crippen LogP contribution in [-0.4, -0.2) is 33.1 Å². The monoisotopic (exact) mass is 582 g/mol. The average Bonchev–Trinajstić information content (AvgIpc) is 3.07. The lowest BCUT2D eigenvalue weighted by atomic mass is 10.2. The van der Waals surface area contributed by atoms with Crippen molar-refractivity contribution in [3.8, 4) is 35.8 Å². The van der Waals surface area contributed by atoms with Gasteiger partial charge < -0.3 is 9.47 Å². The summed E-state index contributed by atoms with van der Waals surface area (Å²) in [6, 6.07) is 22.1. The zero-order valence-electron chi connectivity index (χ0n) is 24.2. The fourth-order valence-electron chi connectivity index (χ4n) is 4.49. The van der Waals surface area contributed by atoms with E-state index < -0.39 is 0 Å². The van der Waals surface area contributed by atoms with Crippen LogP contribution in [0.2, 0.25) is 0 Å². The second kappa shape index (κ2) is 13.2. The number of benzene rings is 2. The lowest BCUT2D eigenvalue weighted by Gasteiger charge is -2.36. The van der Waals surface area contributed by atoms with Crippen LogP contribution in [0.25, 0.3) is 0 Å². The molecule has 12 nitrogen and oxygen atoms in total. The first-order valence-electron chi connectivity index (χ1n) is 14.1. The zero-order chi connectivity index (χ0) is 31.1. The minimum absolute atomic E-state index is 0.180. The van der Waals surface area contributed by atoms with Gasteiger partial charge in [-0.3, -0.25) is 9.80 Å². The van der Waals surface area contributed by atoms with Gasteiger partial charge in [-0.2, -0.15) is 21.0 Å². The van der Waals surface area contributed by atoms with Crippen LogP contribution in [0.1, 0.15) is 62.3 Å². The van der Waals surface area contributed by atoms with Crippen LogP contribution < -0.4 is 19.3 Å². The fraction of sp³-hybridized carbons (Fsp3) is 0.250. The Morgan fingerprint density at radius 3 is 1.07 bits per heavy atom. The Bertz CT molecular complexity index is 1630. The van der Waals surface area contributed by atoms with Crippen LogP contribution in [-0.2, 0) is 0 Å². The van der Waals surface area contributed by atoms with Gasteiger partial charge in [-0.05, 0) is 61.4 Å². The Morgan fingerprint density at radius 1 is 0.523 bits per heavy atom. The minimum atomic E-state index is -0.180. The highest BCUT2D eigenvalue weighted by Gasteiger charge is 2.38. The molecule has 0 bridgehead atoms. The first-order chi connectivity index (χ1) is 21.6. The second-order valence-corrected chi connectivity index (χ2v) is 9.65. The number of anilines is 6. The Balaban J connectivity index is 1.73. The van der Waals surface area contributed by atoms with Crippen LogP contribution >= 0.6 is 0 Å². The van der Waals surface area contributed by atoms with E-state index >= 15 is 0 Å². The maximum absolute atomic E-state index is 9.82. The third-order valence-corrected chi connectivity index (χ3v) is 6.71. The molecule has 2 aromatic carbocycles. The molecule has 12 heteroatoms. The quantitative estimate of drug-likeness (QED) is 0.167. The molecule has 0 saturated heterocycles. The van der Waals surface area contributed by atoms with Crippen molar-refractivity contribution in [2.24, 2.45) is 0 Å². The molecule has 0 radical (unpaired) electrons. The maximum atomic E-state index is 9.82. The summed E-state index contributed by atoms with van der Waals surface area (Å²) in [6.45, 7) is 5.31. The Hall–Kier alpha value is -6.24. The molecule has 1 aliphatic heterocycles. The topological polar surface area (TPSA) is 172 Å². The van der Waals surface area contributed by atoms with Crippen molar-refractivity contribution in [2.75, 3.05) is 23.0 Å². The smallest absolute Gasteiger partial charge is 0.184 e. The summed E-state index contributed by atoms with van der Waals surface area (Å²) < 4.78 is 11.7. The Morgan fingerprint density at radius 2 is 0.818 bits per heavy atom. The van der Waals surface area contributed by atoms with Crippen molar-refractivity contribution in [1.29, 1.82) is 21.0 Å². The number of hydrogen-bond donors (Lipinski definition) is 0. The van der Waals surface area contributed by atoms with Crippen LogP contribution in [0.4, 0.5) is 34.6 Å². The first kappa shape index (κ1) is 29.3. The number of aromatic nitrogens is 4. The maximum Gasteiger partial charge on any atom is 0.184 e. The molecule has 0 unspecified atom stereocenters. The highest BCUT2D eigenvalue weighted by Crippen LogP contribution is 2.51. The van der Waals surface area contributed by atoms with Gasteiger partial charge in [-0.15, -0.1) is 0 Å². The summed E-state index contributed by atoms with van der Waals surface area (Å²) in [5.41, 5.74) is 0.393. The molecule has 216 valence electrons. The van der Waals surface area contributed by atoms with E-state index in [4.69, 9.17) is 9.47 Å². The van der Waals surface area contributed by atoms with Crippen molar-refractivity contribution in [2.45, 2.75) is 39.5 Å². The van der Waals surface area contributed by atoms with E-state index in [1.807, 2.05) is 24.3 Å². The number of nitrogens with zero attached hydrogens (tertiary/aromatic N) is 10. The zero-order valence-corrected chi connectivity index (χ0v) is 24.2. The van der Waals surface area contributed by atoms with E-state index in [0.717, 1.165) is 25.7 Å². The summed E-state index contributed by atoms with van der Waals surface area (Å²) in [7, 11) is 0. The highest BCUT2D eigenvalue weighted by molar-refractivity contribution is 5.96. The molecule has 0 aliphatic carbocycles. The SMILES string of the molecule is CCCCOc1ccc(N2c3nc(C#N)c(C#N)nc3N(c3ccc(OCCCC)cc3)c3nc(C#N)c(C#N)nc32)cc1. The van der Waals surface area contributed by atoms with Crippen LogP contribution in [0.5, 0.6) is 11.5 Å². The molecule has 0 spiro atoms. The van der Waals surface area contributed by atoms with Crippen LogP contribution in [0, 0.1) is 45.3 Å². The van der Waals surface area contributed by atoms with E-state index in [2.05, 4.69) is 33.8 Å². The Labute approximate surface area is 254 Å². The van der Waals surface area contributed by atoms with Gasteiger partial charge in [0.05, 0.1) is 13.2 Å². The predicted octanol–water partition coefficient (Wildman–Crippen LogP) is 6.36. The number of nitriles is 4. The summed E-state index contributed by atoms with van der Waals surface area (Å²) in [5.74, 6) is 2.04. The molecule has 0 saturated carbocycles. The van der Waals surface area contributed by atoms with E-state index in [-0.39, 0.29) is 46.0 Å². The van der Waals surface area contributed by atoms with Crippen molar-refractivity contribution in [3.63, 3.8) is 0 Å². The molecule has 0 fully saturated rings. The molecule has 4 aromatic rings. The fourth-order valence-corrected chi connectivity index (χ4v) is 4.49. The van der Waals surface area contributed by atoms with Gasteiger partial charge in [-0.1, -0.05) is 26.7 Å². The average molecular weight is 583 g/mol. The molecule has 0 atom stereocenters. The molecule has 0 amide bonds. The van der Waals surface area contributed by atoms with Crippen molar-refractivity contribution in [3.05, 3.63) is 71.3 Å². The number of rotatable bonds is 10. The second-order valence-electron chi connectivity index (χ2n) is 9.65. The number of hydrogen-bond acceptors (Lipinski definition) is 12. The first-order valence-corrected chi connectivity index (χ1v) is 14.1. The van der Waals surface area contributed by atoms with Gasteiger partial charge >= 0.3 is 0 Å². The lowest BCUT2D eigenvalue weighted by molar-refractivity contribution is 0.309. The largest absolute Gasteiger partial charge is 0.494 e. The minimum Gasteiger partial charge on any atom is -0.494 e. The van der Waals surface area contributed by atoms with Crippen LogP contribution in [0.3, 0.4) is 0 Å². The molecular weight excluding hydrogens is 556 g/mol. The number of fused-ring (bicyclic) bond motifs is 2. The van der Waals surface area contributed by atoms with Gasteiger partial charge in [0.15, 0.2) is 46.0 Å². The lowest BCUT2D eigenvalue weighted by Crippen LogP contribution is -2.29. The van der Waals surface area contributed by atoms with E-state index in [9.17, 15) is 21.0 Å². The summed E-state index contributed by atoms with van der Waals surface area (Å²) in [6.07, 6.45) is 3.83. The molecule has 5 rings (SSSR count). The summed E-state index contributed by atoms with van der Waals surface area (Å²) in [4.78, 5) is 21.4.